The number of hydrogen-bond acceptors (Lipinski definition) is 5. The Hall–Kier alpha value is -3.33. The average molecular weight is 470 g/mol. The first-order valence-corrected chi connectivity index (χ1v) is 11.2. The van der Waals surface area contributed by atoms with E-state index >= 15 is 0 Å². The maximum atomic E-state index is 13.8. The summed E-state index contributed by atoms with van der Waals surface area (Å²) in [4.78, 5) is 20.0. The van der Waals surface area contributed by atoms with Gasteiger partial charge in [-0.05, 0) is 42.2 Å². The van der Waals surface area contributed by atoms with Crippen molar-refractivity contribution in [1.82, 2.24) is 19.7 Å². The van der Waals surface area contributed by atoms with Crippen molar-refractivity contribution in [1.29, 1.82) is 0 Å². The minimum absolute atomic E-state index is 0.127. The molecule has 1 N–H and O–H groups in total. The van der Waals surface area contributed by atoms with Crippen LogP contribution in [0.15, 0.2) is 48.7 Å². The molecule has 7 nitrogen and oxygen atoms in total. The average Bonchev–Trinajstić information content (AvgIpc) is 3.16. The predicted molar refractivity (Wildman–Crippen MR) is 125 cm³/mol. The number of alkyl halides is 2. The molecule has 1 fully saturated rings. The molecular formula is C25H29F2N5O2. The fourth-order valence-corrected chi connectivity index (χ4v) is 4.53. The number of likely N-dealkylation sites (tertiary alicyclic amines) is 1. The monoisotopic (exact) mass is 469 g/mol. The number of rotatable bonds is 8. The zero-order valence-electron chi connectivity index (χ0n) is 19.8. The minimum Gasteiger partial charge on any atom is -0.415 e. The molecule has 0 aliphatic carbocycles. The van der Waals surface area contributed by atoms with Crippen LogP contribution in [0.1, 0.15) is 42.3 Å². The van der Waals surface area contributed by atoms with Crippen LogP contribution in [0.25, 0.3) is 0 Å². The molecule has 4 rings (SSSR count). The number of hydrogen-bond donors (Lipinski definition) is 1. The van der Waals surface area contributed by atoms with E-state index < -0.39 is 12.0 Å². The summed E-state index contributed by atoms with van der Waals surface area (Å²) >= 11 is 0. The van der Waals surface area contributed by atoms with E-state index in [1.54, 1.807) is 25.3 Å². The van der Waals surface area contributed by atoms with Crippen molar-refractivity contribution in [3.05, 3.63) is 71.2 Å². The molecule has 2 aromatic heterocycles. The van der Waals surface area contributed by atoms with E-state index in [0.29, 0.717) is 25.3 Å². The summed E-state index contributed by atoms with van der Waals surface area (Å²) in [5, 5.41) is 7.06. The molecule has 1 aromatic carbocycles. The summed E-state index contributed by atoms with van der Waals surface area (Å²) in [5.41, 5.74) is 2.87. The van der Waals surface area contributed by atoms with Gasteiger partial charge in [-0.25, -0.2) is 4.98 Å². The van der Waals surface area contributed by atoms with Crippen LogP contribution in [0.5, 0.6) is 5.88 Å². The lowest BCUT2D eigenvalue weighted by Crippen LogP contribution is -2.64. The number of aromatic nitrogens is 3. The lowest BCUT2D eigenvalue weighted by molar-refractivity contribution is -0.128. The van der Waals surface area contributed by atoms with Gasteiger partial charge in [0.1, 0.15) is 5.69 Å². The highest BCUT2D eigenvalue weighted by Gasteiger charge is 2.51. The lowest BCUT2D eigenvalue weighted by Gasteiger charge is -2.50. The van der Waals surface area contributed by atoms with Gasteiger partial charge in [0.2, 0.25) is 11.8 Å². The van der Waals surface area contributed by atoms with Crippen molar-refractivity contribution in [2.24, 2.45) is 7.05 Å². The number of nitrogens with zero attached hydrogens (tertiary/aromatic N) is 4. The van der Waals surface area contributed by atoms with Gasteiger partial charge in [-0.3, -0.25) is 14.4 Å². The zero-order valence-corrected chi connectivity index (χ0v) is 19.8. The smallest absolute Gasteiger partial charge is 0.388 e. The molecule has 0 bridgehead atoms. The standard InChI is InChI=1S/C25H29F2N5O2/c1-16(2)19-7-5-6-8-20(19)25(14-32(15-25)13-18-11-12-28-31(18)4)23(33)30-21-10-9-17(3)29-22(21)34-24(26)27/h5-12,16,24H,13-15H2,1-4H3,(H,30,33). The van der Waals surface area contributed by atoms with Crippen molar-refractivity contribution >= 4 is 11.6 Å². The molecule has 180 valence electrons. The number of benzene rings is 1. The number of aryl methyl sites for hydroxylation is 2. The number of carbonyl (C=O) groups is 1. The molecule has 1 saturated heterocycles. The third-order valence-corrected chi connectivity index (χ3v) is 6.28. The first-order chi connectivity index (χ1) is 16.2. The highest BCUT2D eigenvalue weighted by Crippen LogP contribution is 2.41. The number of amides is 1. The Labute approximate surface area is 197 Å². The van der Waals surface area contributed by atoms with E-state index in [0.717, 1.165) is 16.8 Å². The topological polar surface area (TPSA) is 72.3 Å². The molecule has 9 heteroatoms. The number of nitrogens with one attached hydrogen (secondary N) is 1. The van der Waals surface area contributed by atoms with Gasteiger partial charge in [0.15, 0.2) is 0 Å². The Bertz CT molecular complexity index is 1170. The maximum absolute atomic E-state index is 13.8. The fourth-order valence-electron chi connectivity index (χ4n) is 4.53. The van der Waals surface area contributed by atoms with E-state index in [9.17, 15) is 13.6 Å². The molecule has 0 spiro atoms. The Morgan fingerprint density at radius 1 is 1.18 bits per heavy atom. The first kappa shape index (κ1) is 23.8. The number of pyridine rings is 1. The number of halogens is 2. The summed E-state index contributed by atoms with van der Waals surface area (Å²) in [6, 6.07) is 13.1. The molecule has 0 saturated carbocycles. The predicted octanol–water partition coefficient (Wildman–Crippen LogP) is 4.24. The van der Waals surface area contributed by atoms with Crippen LogP contribution < -0.4 is 10.1 Å². The SMILES string of the molecule is Cc1ccc(NC(=O)C2(c3ccccc3C(C)C)CN(Cc3ccnn3C)C2)c(OC(F)F)n1. The number of carbonyl (C=O) groups excluding carboxylic acids is 1. The van der Waals surface area contributed by atoms with Crippen LogP contribution in [0, 0.1) is 6.92 Å². The van der Waals surface area contributed by atoms with Crippen LogP contribution >= 0.6 is 0 Å². The van der Waals surface area contributed by atoms with Crippen molar-refractivity contribution in [2.75, 3.05) is 18.4 Å². The summed E-state index contributed by atoms with van der Waals surface area (Å²) in [6.45, 7) is 4.44. The third-order valence-electron chi connectivity index (χ3n) is 6.28. The minimum atomic E-state index is -3.04. The zero-order chi connectivity index (χ0) is 24.5. The van der Waals surface area contributed by atoms with E-state index in [4.69, 9.17) is 0 Å². The molecule has 1 aliphatic heterocycles. The van der Waals surface area contributed by atoms with Crippen LogP contribution in [-0.2, 0) is 23.8 Å². The molecule has 1 amide bonds. The van der Waals surface area contributed by atoms with E-state index in [1.165, 1.54) is 0 Å². The van der Waals surface area contributed by atoms with Gasteiger partial charge in [-0.1, -0.05) is 38.1 Å². The Morgan fingerprint density at radius 2 is 1.91 bits per heavy atom. The Balaban J connectivity index is 1.66. The second-order valence-corrected chi connectivity index (χ2v) is 9.05. The lowest BCUT2D eigenvalue weighted by atomic mass is 9.69. The molecule has 0 unspecified atom stereocenters. The van der Waals surface area contributed by atoms with Gasteiger partial charge in [0, 0.05) is 38.6 Å². The summed E-state index contributed by atoms with van der Waals surface area (Å²) < 4.78 is 32.3. The van der Waals surface area contributed by atoms with E-state index in [1.807, 2.05) is 42.1 Å². The fraction of sp³-hybridized carbons (Fsp3) is 0.400. The van der Waals surface area contributed by atoms with Crippen molar-refractivity contribution < 1.29 is 18.3 Å². The Morgan fingerprint density at radius 3 is 2.56 bits per heavy atom. The van der Waals surface area contributed by atoms with Gasteiger partial charge in [-0.2, -0.15) is 13.9 Å². The van der Waals surface area contributed by atoms with Crippen LogP contribution in [0.4, 0.5) is 14.5 Å². The normalized spacial score (nSPS) is 15.4. The van der Waals surface area contributed by atoms with Crippen molar-refractivity contribution in [3.63, 3.8) is 0 Å². The highest BCUT2D eigenvalue weighted by molar-refractivity contribution is 6.01. The van der Waals surface area contributed by atoms with Crippen molar-refractivity contribution in [3.8, 4) is 5.88 Å². The molecular weight excluding hydrogens is 440 g/mol. The first-order valence-electron chi connectivity index (χ1n) is 11.2. The summed E-state index contributed by atoms with van der Waals surface area (Å²) in [7, 11) is 1.89. The van der Waals surface area contributed by atoms with E-state index in [2.05, 4.69) is 38.9 Å². The van der Waals surface area contributed by atoms with Gasteiger partial charge in [0.05, 0.1) is 11.1 Å². The Kier molecular flexibility index (Phi) is 6.65. The molecule has 34 heavy (non-hydrogen) atoms. The second-order valence-electron chi connectivity index (χ2n) is 9.05. The number of anilines is 1. The molecule has 0 atom stereocenters. The van der Waals surface area contributed by atoms with Gasteiger partial charge < -0.3 is 10.1 Å². The van der Waals surface area contributed by atoms with Crippen LogP contribution in [-0.4, -0.2) is 45.3 Å². The highest BCUT2D eigenvalue weighted by atomic mass is 19.3. The third kappa shape index (κ3) is 4.65. The number of ether oxygens (including phenoxy) is 1. The quantitative estimate of drug-likeness (QED) is 0.534. The maximum Gasteiger partial charge on any atom is 0.388 e. The van der Waals surface area contributed by atoms with Crippen LogP contribution in [0.3, 0.4) is 0 Å². The van der Waals surface area contributed by atoms with E-state index in [-0.39, 0.29) is 23.4 Å². The molecule has 1 aliphatic rings. The van der Waals surface area contributed by atoms with Gasteiger partial charge in [-0.15, -0.1) is 0 Å². The second kappa shape index (κ2) is 9.50. The van der Waals surface area contributed by atoms with Crippen molar-refractivity contribution in [2.45, 2.75) is 45.3 Å². The van der Waals surface area contributed by atoms with Gasteiger partial charge in [0.25, 0.3) is 0 Å². The summed E-state index contributed by atoms with van der Waals surface area (Å²) in [5.74, 6) is -0.348. The molecule has 3 heterocycles. The molecule has 0 radical (unpaired) electrons. The van der Waals surface area contributed by atoms with Gasteiger partial charge >= 0.3 is 6.61 Å². The molecule has 3 aromatic rings. The van der Waals surface area contributed by atoms with Crippen LogP contribution in [0.2, 0.25) is 0 Å². The largest absolute Gasteiger partial charge is 0.415 e. The summed E-state index contributed by atoms with van der Waals surface area (Å²) in [6.07, 6.45) is 1.75.